The Kier molecular flexibility index (Phi) is 3.73. The van der Waals surface area contributed by atoms with Crippen LogP contribution in [0.15, 0.2) is 11.3 Å². The van der Waals surface area contributed by atoms with Crippen LogP contribution in [0.25, 0.3) is 0 Å². The first-order valence-electron chi connectivity index (χ1n) is 6.64. The first kappa shape index (κ1) is 13.8. The van der Waals surface area contributed by atoms with Crippen molar-refractivity contribution in [1.29, 1.82) is 0 Å². The fourth-order valence-electron chi connectivity index (χ4n) is 2.99. The van der Waals surface area contributed by atoms with Crippen LogP contribution in [-0.4, -0.2) is 34.7 Å². The van der Waals surface area contributed by atoms with Crippen molar-refractivity contribution in [2.24, 2.45) is 0 Å². The number of esters is 1. The van der Waals surface area contributed by atoms with Gasteiger partial charge in [0.15, 0.2) is 5.78 Å². The van der Waals surface area contributed by atoms with Crippen LogP contribution in [0.5, 0.6) is 0 Å². The monoisotopic (exact) mass is 265 g/mol. The molecule has 0 spiro atoms. The van der Waals surface area contributed by atoms with Crippen LogP contribution in [0.3, 0.4) is 0 Å². The number of carbonyl (C=O) groups is 3. The van der Waals surface area contributed by atoms with Gasteiger partial charge in [-0.3, -0.25) is 14.4 Å². The maximum Gasteiger partial charge on any atom is 0.302 e. The van der Waals surface area contributed by atoms with Gasteiger partial charge in [-0.15, -0.1) is 0 Å². The molecule has 1 heterocycles. The van der Waals surface area contributed by atoms with E-state index in [-0.39, 0.29) is 23.7 Å². The molecule has 1 aliphatic carbocycles. The Balaban J connectivity index is 2.39. The Morgan fingerprint density at radius 3 is 2.53 bits per heavy atom. The molecule has 104 valence electrons. The van der Waals surface area contributed by atoms with E-state index in [1.807, 2.05) is 6.92 Å². The Morgan fingerprint density at radius 1 is 1.26 bits per heavy atom. The molecule has 5 nitrogen and oxygen atoms in total. The van der Waals surface area contributed by atoms with Gasteiger partial charge in [0.05, 0.1) is 6.04 Å². The van der Waals surface area contributed by atoms with Crippen LogP contribution >= 0.6 is 0 Å². The zero-order valence-electron chi connectivity index (χ0n) is 11.6. The molecular formula is C14H19NO4. The number of ketones is 1. The molecule has 0 aromatic heterocycles. The SMILES string of the molecule is CC(=O)O[C@@H]1CC2=C(CCCC2=O)N(C(C)=O)[C@H]1C. The number of carbonyl (C=O) groups excluding carboxylic acids is 3. The third-order valence-electron chi connectivity index (χ3n) is 3.80. The second-order valence-corrected chi connectivity index (χ2v) is 5.18. The molecule has 0 fully saturated rings. The van der Waals surface area contributed by atoms with E-state index in [4.69, 9.17) is 4.74 Å². The summed E-state index contributed by atoms with van der Waals surface area (Å²) in [5, 5.41) is 0. The molecule has 0 N–H and O–H groups in total. The maximum atomic E-state index is 12.0. The van der Waals surface area contributed by atoms with Crippen molar-refractivity contribution in [3.05, 3.63) is 11.3 Å². The predicted molar refractivity (Wildman–Crippen MR) is 68.0 cm³/mol. The van der Waals surface area contributed by atoms with Crippen molar-refractivity contribution in [2.45, 2.75) is 58.6 Å². The van der Waals surface area contributed by atoms with Gasteiger partial charge < -0.3 is 9.64 Å². The van der Waals surface area contributed by atoms with Gasteiger partial charge in [0.1, 0.15) is 6.10 Å². The van der Waals surface area contributed by atoms with E-state index in [0.29, 0.717) is 18.4 Å². The van der Waals surface area contributed by atoms with Gasteiger partial charge in [-0.2, -0.15) is 0 Å². The van der Waals surface area contributed by atoms with Crippen molar-refractivity contribution >= 4 is 17.7 Å². The number of rotatable bonds is 1. The van der Waals surface area contributed by atoms with Gasteiger partial charge in [-0.1, -0.05) is 0 Å². The fourth-order valence-corrected chi connectivity index (χ4v) is 2.99. The van der Waals surface area contributed by atoms with Crippen molar-refractivity contribution < 1.29 is 19.1 Å². The second-order valence-electron chi connectivity index (χ2n) is 5.18. The van der Waals surface area contributed by atoms with E-state index in [0.717, 1.165) is 18.5 Å². The molecular weight excluding hydrogens is 246 g/mol. The second kappa shape index (κ2) is 5.15. The van der Waals surface area contributed by atoms with E-state index >= 15 is 0 Å². The van der Waals surface area contributed by atoms with Crippen LogP contribution in [-0.2, 0) is 19.1 Å². The first-order chi connectivity index (χ1) is 8.91. The number of amides is 1. The van der Waals surface area contributed by atoms with Crippen LogP contribution in [0.2, 0.25) is 0 Å². The summed E-state index contributed by atoms with van der Waals surface area (Å²) in [7, 11) is 0. The van der Waals surface area contributed by atoms with Crippen LogP contribution < -0.4 is 0 Å². The summed E-state index contributed by atoms with van der Waals surface area (Å²) in [6, 6.07) is -0.217. The van der Waals surface area contributed by atoms with E-state index < -0.39 is 6.10 Å². The average Bonchev–Trinajstić information content (AvgIpc) is 2.30. The number of Topliss-reactive ketones (excluding diaryl/α,β-unsaturated/α-hetero) is 1. The Hall–Kier alpha value is -1.65. The largest absolute Gasteiger partial charge is 0.460 e. The number of hydrogen-bond acceptors (Lipinski definition) is 4. The highest BCUT2D eigenvalue weighted by atomic mass is 16.5. The molecule has 5 heteroatoms. The quantitative estimate of drug-likeness (QED) is 0.675. The van der Waals surface area contributed by atoms with E-state index in [2.05, 4.69) is 0 Å². The summed E-state index contributed by atoms with van der Waals surface area (Å²) < 4.78 is 5.26. The maximum absolute atomic E-state index is 12.0. The highest BCUT2D eigenvalue weighted by Crippen LogP contribution is 2.36. The molecule has 0 aromatic rings. The van der Waals surface area contributed by atoms with Gasteiger partial charge in [-0.05, 0) is 19.8 Å². The zero-order valence-corrected chi connectivity index (χ0v) is 11.6. The molecule has 2 rings (SSSR count). The normalized spacial score (nSPS) is 27.1. The zero-order chi connectivity index (χ0) is 14.2. The minimum Gasteiger partial charge on any atom is -0.460 e. The summed E-state index contributed by atoms with van der Waals surface area (Å²) in [6.45, 7) is 4.69. The molecule has 0 aromatic carbocycles. The van der Waals surface area contributed by atoms with E-state index in [1.54, 1.807) is 4.90 Å². The first-order valence-corrected chi connectivity index (χ1v) is 6.64. The van der Waals surface area contributed by atoms with Crippen molar-refractivity contribution in [3.8, 4) is 0 Å². The van der Waals surface area contributed by atoms with E-state index in [9.17, 15) is 14.4 Å². The molecule has 0 unspecified atom stereocenters. The molecule has 0 saturated carbocycles. The molecule has 1 amide bonds. The highest BCUT2D eigenvalue weighted by molar-refractivity contribution is 5.98. The molecule has 0 saturated heterocycles. The minimum atomic E-state index is -0.429. The third kappa shape index (κ3) is 2.55. The highest BCUT2D eigenvalue weighted by Gasteiger charge is 2.40. The molecule has 19 heavy (non-hydrogen) atoms. The lowest BCUT2D eigenvalue weighted by molar-refractivity contribution is -0.153. The summed E-state index contributed by atoms with van der Waals surface area (Å²) in [5.74, 6) is -0.407. The van der Waals surface area contributed by atoms with E-state index in [1.165, 1.54) is 13.8 Å². The van der Waals surface area contributed by atoms with Gasteiger partial charge in [-0.25, -0.2) is 0 Å². The smallest absolute Gasteiger partial charge is 0.302 e. The molecule has 2 aliphatic rings. The summed E-state index contributed by atoms with van der Waals surface area (Å²) in [6.07, 6.45) is 2.05. The molecule has 0 radical (unpaired) electrons. The van der Waals surface area contributed by atoms with Crippen molar-refractivity contribution in [2.75, 3.05) is 0 Å². The lowest BCUT2D eigenvalue weighted by atomic mass is 9.84. The van der Waals surface area contributed by atoms with Gasteiger partial charge >= 0.3 is 5.97 Å². The topological polar surface area (TPSA) is 63.7 Å². The van der Waals surface area contributed by atoms with Crippen LogP contribution in [0, 0.1) is 0 Å². The summed E-state index contributed by atoms with van der Waals surface area (Å²) >= 11 is 0. The number of hydrogen-bond donors (Lipinski definition) is 0. The van der Waals surface area contributed by atoms with Crippen LogP contribution in [0.4, 0.5) is 0 Å². The minimum absolute atomic E-state index is 0.0801. The van der Waals surface area contributed by atoms with Gasteiger partial charge in [0.2, 0.25) is 5.91 Å². The molecule has 0 bridgehead atoms. The Bertz CT molecular complexity index is 466. The van der Waals surface area contributed by atoms with Crippen molar-refractivity contribution in [1.82, 2.24) is 4.90 Å². The lowest BCUT2D eigenvalue weighted by Gasteiger charge is -2.42. The number of allylic oxidation sites excluding steroid dienone is 1. The fraction of sp³-hybridized carbons (Fsp3) is 0.643. The Morgan fingerprint density at radius 2 is 1.95 bits per heavy atom. The lowest BCUT2D eigenvalue weighted by Crippen LogP contribution is -2.50. The van der Waals surface area contributed by atoms with Gasteiger partial charge in [0, 0.05) is 38.0 Å². The van der Waals surface area contributed by atoms with Crippen molar-refractivity contribution in [3.63, 3.8) is 0 Å². The van der Waals surface area contributed by atoms with Crippen LogP contribution in [0.1, 0.15) is 46.5 Å². The standard InChI is InChI=1S/C14H19NO4/c1-8-14(19-10(3)17)7-11-12(15(8)9(2)16)5-4-6-13(11)18/h8,14H,4-7H2,1-3H3/t8-,14+/m0/s1. The predicted octanol–water partition coefficient (Wildman–Crippen LogP) is 1.57. The summed E-state index contributed by atoms with van der Waals surface area (Å²) in [5.41, 5.74) is 1.51. The molecule has 1 aliphatic heterocycles. The molecule has 2 atom stereocenters. The summed E-state index contributed by atoms with van der Waals surface area (Å²) in [4.78, 5) is 36.6. The Labute approximate surface area is 112 Å². The average molecular weight is 265 g/mol. The third-order valence-corrected chi connectivity index (χ3v) is 3.80. The number of nitrogens with zero attached hydrogens (tertiary/aromatic N) is 1. The number of ether oxygens (including phenoxy) is 1. The van der Waals surface area contributed by atoms with Gasteiger partial charge in [0.25, 0.3) is 0 Å².